The van der Waals surface area contributed by atoms with Crippen LogP contribution in [0.25, 0.3) is 22.3 Å². The molecule has 1 aliphatic rings. The van der Waals surface area contributed by atoms with Crippen LogP contribution < -0.4 is 4.74 Å². The summed E-state index contributed by atoms with van der Waals surface area (Å²) in [6.45, 7) is 1.64. The van der Waals surface area contributed by atoms with Crippen LogP contribution in [0, 0.1) is 0 Å². The molecule has 0 bridgehead atoms. The molecular weight excluding hydrogens is 440 g/mol. The first-order valence-electron chi connectivity index (χ1n) is 11.9. The van der Waals surface area contributed by atoms with Crippen molar-refractivity contribution in [2.45, 2.75) is 25.4 Å². The number of piperidine rings is 1. The highest BCUT2D eigenvalue weighted by Gasteiger charge is 2.31. The van der Waals surface area contributed by atoms with Crippen LogP contribution in [0.3, 0.4) is 0 Å². The number of amides is 1. The molecule has 0 radical (unpaired) electrons. The lowest BCUT2D eigenvalue weighted by Crippen LogP contribution is -2.37. The van der Waals surface area contributed by atoms with Crippen molar-refractivity contribution in [3.05, 3.63) is 96.3 Å². The molecule has 0 unspecified atom stereocenters. The van der Waals surface area contributed by atoms with Gasteiger partial charge in [-0.15, -0.1) is 0 Å². The topological polar surface area (TPSA) is 64.8 Å². The van der Waals surface area contributed by atoms with Gasteiger partial charge in [-0.3, -0.25) is 0 Å². The molecule has 0 atom stereocenters. The first kappa shape index (κ1) is 22.7. The Morgan fingerprint density at radius 2 is 1.49 bits per heavy atom. The van der Waals surface area contributed by atoms with Crippen molar-refractivity contribution in [3.8, 4) is 28.1 Å². The van der Waals surface area contributed by atoms with Crippen LogP contribution in [0.4, 0.5) is 4.79 Å². The van der Waals surface area contributed by atoms with Crippen molar-refractivity contribution in [2.75, 3.05) is 20.2 Å². The van der Waals surface area contributed by atoms with E-state index in [0.717, 1.165) is 40.9 Å². The average Bonchev–Trinajstić information content (AvgIpc) is 3.36. The number of nitrogens with zero attached hydrogens (tertiary/aromatic N) is 2. The molecule has 0 N–H and O–H groups in total. The maximum atomic E-state index is 11.9. The van der Waals surface area contributed by atoms with Crippen molar-refractivity contribution in [3.63, 3.8) is 0 Å². The van der Waals surface area contributed by atoms with Gasteiger partial charge in [-0.05, 0) is 40.3 Å². The maximum absolute atomic E-state index is 11.9. The molecule has 5 rings (SSSR count). The number of ether oxygens (including phenoxy) is 2. The number of carbonyl (C=O) groups excluding carboxylic acids is 1. The van der Waals surface area contributed by atoms with Gasteiger partial charge in [0.25, 0.3) is 5.88 Å². The molecule has 1 aliphatic heterocycles. The first-order chi connectivity index (χ1) is 17.2. The molecule has 35 heavy (non-hydrogen) atoms. The molecule has 1 fully saturated rings. The highest BCUT2D eigenvalue weighted by atomic mass is 16.5. The van der Waals surface area contributed by atoms with Gasteiger partial charge >= 0.3 is 6.09 Å². The summed E-state index contributed by atoms with van der Waals surface area (Å²) in [5.74, 6) is 1.44. The van der Waals surface area contributed by atoms with E-state index >= 15 is 0 Å². The minimum atomic E-state index is -0.287. The van der Waals surface area contributed by atoms with Gasteiger partial charge in [-0.2, -0.15) is 0 Å². The van der Waals surface area contributed by atoms with E-state index in [1.807, 2.05) is 48.5 Å². The lowest BCUT2D eigenvalue weighted by atomic mass is 9.89. The van der Waals surface area contributed by atoms with E-state index in [4.69, 9.17) is 14.0 Å². The third-order valence-electron chi connectivity index (χ3n) is 6.48. The molecule has 1 aromatic heterocycles. The Hall–Kier alpha value is -4.06. The number of carbonyl (C=O) groups is 1. The van der Waals surface area contributed by atoms with Gasteiger partial charge in [0.05, 0.1) is 12.7 Å². The third kappa shape index (κ3) is 5.06. The number of methoxy groups -OCH3 is 1. The van der Waals surface area contributed by atoms with E-state index in [2.05, 4.69) is 41.6 Å². The van der Waals surface area contributed by atoms with E-state index < -0.39 is 0 Å². The second kappa shape index (κ2) is 10.5. The highest BCUT2D eigenvalue weighted by molar-refractivity contribution is 5.75. The fraction of sp³-hybridized carbons (Fsp3) is 0.241. The van der Waals surface area contributed by atoms with Gasteiger partial charge in [0.1, 0.15) is 6.61 Å². The second-order valence-corrected chi connectivity index (χ2v) is 8.68. The molecule has 4 aromatic rings. The Balaban J connectivity index is 1.44. The standard InChI is InChI=1S/C29H28N2O4/c1-33-29(32)31-18-16-25(17-19-31)27-26(28(30-35-27)34-20-21-8-4-2-5-9-21)24-14-12-23(13-15-24)22-10-6-3-7-11-22/h2-15,25H,16-20H2,1H3. The van der Waals surface area contributed by atoms with E-state index in [1.54, 1.807) is 4.90 Å². The maximum Gasteiger partial charge on any atom is 0.409 e. The second-order valence-electron chi connectivity index (χ2n) is 8.68. The number of likely N-dealkylation sites (tertiary alicyclic amines) is 1. The van der Waals surface area contributed by atoms with Gasteiger partial charge in [0, 0.05) is 19.0 Å². The van der Waals surface area contributed by atoms with Gasteiger partial charge in [-0.25, -0.2) is 4.79 Å². The Morgan fingerprint density at radius 1 is 0.886 bits per heavy atom. The molecule has 1 amide bonds. The smallest absolute Gasteiger partial charge is 0.409 e. The van der Waals surface area contributed by atoms with Crippen molar-refractivity contribution in [2.24, 2.45) is 0 Å². The van der Waals surface area contributed by atoms with E-state index in [0.29, 0.717) is 25.6 Å². The summed E-state index contributed by atoms with van der Waals surface area (Å²) in [4.78, 5) is 13.6. The summed E-state index contributed by atoms with van der Waals surface area (Å²) in [6, 6.07) is 28.7. The van der Waals surface area contributed by atoms with Gasteiger partial charge in [-0.1, -0.05) is 84.9 Å². The van der Waals surface area contributed by atoms with Crippen molar-refractivity contribution >= 4 is 6.09 Å². The summed E-state index contributed by atoms with van der Waals surface area (Å²) in [6.07, 6.45) is 1.26. The number of rotatable bonds is 6. The van der Waals surface area contributed by atoms with Gasteiger partial charge in [0.15, 0.2) is 5.76 Å². The molecule has 6 heteroatoms. The highest BCUT2D eigenvalue weighted by Crippen LogP contribution is 2.41. The van der Waals surface area contributed by atoms with Crippen LogP contribution in [0.1, 0.15) is 30.1 Å². The Bertz CT molecular complexity index is 1250. The molecule has 2 heterocycles. The first-order valence-corrected chi connectivity index (χ1v) is 11.9. The molecule has 6 nitrogen and oxygen atoms in total. The Morgan fingerprint density at radius 3 is 2.14 bits per heavy atom. The minimum Gasteiger partial charge on any atom is -0.470 e. The van der Waals surface area contributed by atoms with E-state index in [1.165, 1.54) is 12.7 Å². The van der Waals surface area contributed by atoms with E-state index in [-0.39, 0.29) is 12.0 Å². The fourth-order valence-electron chi connectivity index (χ4n) is 4.57. The molecule has 3 aromatic carbocycles. The molecule has 1 saturated heterocycles. The lowest BCUT2D eigenvalue weighted by Gasteiger charge is -2.30. The van der Waals surface area contributed by atoms with Crippen molar-refractivity contribution < 1.29 is 18.8 Å². The summed E-state index contributed by atoms with van der Waals surface area (Å²) < 4.78 is 16.9. The monoisotopic (exact) mass is 468 g/mol. The molecule has 0 aliphatic carbocycles. The number of aromatic nitrogens is 1. The predicted molar refractivity (Wildman–Crippen MR) is 134 cm³/mol. The van der Waals surface area contributed by atoms with Crippen molar-refractivity contribution in [1.82, 2.24) is 10.1 Å². The Kier molecular flexibility index (Phi) is 6.80. The number of hydrogen-bond acceptors (Lipinski definition) is 5. The zero-order valence-corrected chi connectivity index (χ0v) is 19.7. The van der Waals surface area contributed by atoms with Crippen LogP contribution in [0.2, 0.25) is 0 Å². The quantitative estimate of drug-likeness (QED) is 0.322. The zero-order valence-electron chi connectivity index (χ0n) is 19.7. The third-order valence-corrected chi connectivity index (χ3v) is 6.48. The van der Waals surface area contributed by atoms with Crippen LogP contribution in [-0.2, 0) is 11.3 Å². The number of hydrogen-bond donors (Lipinski definition) is 0. The average molecular weight is 469 g/mol. The summed E-state index contributed by atoms with van der Waals surface area (Å²) in [5.41, 5.74) is 5.26. The van der Waals surface area contributed by atoms with Gasteiger partial charge < -0.3 is 18.9 Å². The SMILES string of the molecule is COC(=O)N1CCC(c2onc(OCc3ccccc3)c2-c2ccc(-c3ccccc3)cc2)CC1. The zero-order chi connectivity index (χ0) is 24.0. The molecule has 0 saturated carbocycles. The van der Waals surface area contributed by atoms with Crippen molar-refractivity contribution in [1.29, 1.82) is 0 Å². The van der Waals surface area contributed by atoms with Crippen LogP contribution in [-0.4, -0.2) is 36.3 Å². The summed E-state index contributed by atoms with van der Waals surface area (Å²) >= 11 is 0. The molecule has 178 valence electrons. The fourth-order valence-corrected chi connectivity index (χ4v) is 4.57. The van der Waals surface area contributed by atoms with Crippen LogP contribution in [0.5, 0.6) is 5.88 Å². The summed E-state index contributed by atoms with van der Waals surface area (Å²) in [7, 11) is 1.42. The number of benzene rings is 3. The molecule has 0 spiro atoms. The lowest BCUT2D eigenvalue weighted by molar-refractivity contribution is 0.110. The van der Waals surface area contributed by atoms with E-state index in [9.17, 15) is 4.79 Å². The largest absolute Gasteiger partial charge is 0.470 e. The van der Waals surface area contributed by atoms with Gasteiger partial charge in [0.2, 0.25) is 0 Å². The normalized spacial score (nSPS) is 14.0. The van der Waals surface area contributed by atoms with Crippen LogP contribution >= 0.6 is 0 Å². The minimum absolute atomic E-state index is 0.140. The van der Waals surface area contributed by atoms with Crippen LogP contribution in [0.15, 0.2) is 89.5 Å². The Labute approximate surface area is 205 Å². The predicted octanol–water partition coefficient (Wildman–Crippen LogP) is 6.53. The summed E-state index contributed by atoms with van der Waals surface area (Å²) in [5, 5.41) is 4.33. The molecular formula is C29H28N2O4.